The van der Waals surface area contributed by atoms with Crippen LogP contribution in [0.2, 0.25) is 0 Å². The number of carbonyl (C=O) groups excluding carboxylic acids is 4. The first-order valence-electron chi connectivity index (χ1n) is 13.1. The molecule has 1 aromatic carbocycles. The number of hydrogen-bond donors (Lipinski definition) is 3. The van der Waals surface area contributed by atoms with Gasteiger partial charge in [0.25, 0.3) is 0 Å². The van der Waals surface area contributed by atoms with Crippen molar-refractivity contribution in [2.75, 3.05) is 13.2 Å². The Bertz CT molecular complexity index is 1070. The van der Waals surface area contributed by atoms with Crippen molar-refractivity contribution in [3.05, 3.63) is 35.9 Å². The van der Waals surface area contributed by atoms with Crippen LogP contribution in [0.3, 0.4) is 0 Å². The highest BCUT2D eigenvalue weighted by atomic mass is 32.2. The van der Waals surface area contributed by atoms with E-state index in [-0.39, 0.29) is 6.61 Å². The largest absolute Gasteiger partial charge is 0.463 e. The number of ether oxygens (including phenoxy) is 7. The molecule has 2 saturated heterocycles. The predicted molar refractivity (Wildman–Crippen MR) is 142 cm³/mol. The Morgan fingerprint density at radius 3 is 2.00 bits per heavy atom. The summed E-state index contributed by atoms with van der Waals surface area (Å²) in [4.78, 5) is 47.9. The molecule has 15 heteroatoms. The van der Waals surface area contributed by atoms with Gasteiger partial charge in [-0.25, -0.2) is 0 Å². The standard InChI is InChI=1S/C27H36O14S/c1-13(29)35-12-19-22(37-14(2)30)25(42-16(4)32)24(38-15(3)31)27(40-19)41-23-20(33)18(10-28)39-26(21(23)34)36-11-17-8-6-5-7-9-17/h5-9,18-28,33-34H,10-12H2,1-4H3/t18-,19-,20-,21-,22-,23+,24-,25+,26-,27+/m1/s1. The van der Waals surface area contributed by atoms with Crippen LogP contribution in [0.5, 0.6) is 0 Å². The molecule has 3 rings (SSSR count). The average Bonchev–Trinajstić information content (AvgIpc) is 2.92. The summed E-state index contributed by atoms with van der Waals surface area (Å²) in [5, 5.41) is 30.4. The average molecular weight is 617 g/mol. The zero-order valence-corrected chi connectivity index (χ0v) is 24.3. The first-order valence-corrected chi connectivity index (χ1v) is 14.0. The monoisotopic (exact) mass is 616 g/mol. The SMILES string of the molecule is CC(=O)OC[C@H]1O[C@@H](O[C@@H]2[C@@H](O)[C@H](OCc3ccccc3)O[C@H](CO)[C@H]2O)[C@H](OC(C)=O)[C@@H](SC(C)=O)[C@@H]1OC(C)=O. The molecule has 0 saturated carbocycles. The number of hydrogen-bond acceptors (Lipinski definition) is 15. The molecule has 0 amide bonds. The lowest BCUT2D eigenvalue weighted by Crippen LogP contribution is -2.65. The summed E-state index contributed by atoms with van der Waals surface area (Å²) in [5.74, 6) is -2.21. The van der Waals surface area contributed by atoms with Crippen molar-refractivity contribution in [1.82, 2.24) is 0 Å². The van der Waals surface area contributed by atoms with E-state index < -0.39 is 96.8 Å². The van der Waals surface area contributed by atoms with E-state index in [1.54, 1.807) is 24.3 Å². The molecule has 2 heterocycles. The van der Waals surface area contributed by atoms with Crippen LogP contribution in [0, 0.1) is 0 Å². The molecule has 0 aliphatic carbocycles. The van der Waals surface area contributed by atoms with Gasteiger partial charge in [0, 0.05) is 27.7 Å². The maximum absolute atomic E-state index is 12.2. The van der Waals surface area contributed by atoms with E-state index >= 15 is 0 Å². The molecule has 2 fully saturated rings. The molecule has 0 aromatic heterocycles. The first-order chi connectivity index (χ1) is 19.9. The van der Waals surface area contributed by atoms with E-state index in [2.05, 4.69) is 0 Å². The molecular weight excluding hydrogens is 580 g/mol. The van der Waals surface area contributed by atoms with Gasteiger partial charge in [-0.15, -0.1) is 0 Å². The van der Waals surface area contributed by atoms with Crippen LogP contribution in [0.25, 0.3) is 0 Å². The van der Waals surface area contributed by atoms with Crippen molar-refractivity contribution in [1.29, 1.82) is 0 Å². The number of esters is 3. The van der Waals surface area contributed by atoms with Crippen LogP contribution in [-0.4, -0.2) is 112 Å². The van der Waals surface area contributed by atoms with Crippen LogP contribution in [0.15, 0.2) is 30.3 Å². The second kappa shape index (κ2) is 15.7. The van der Waals surface area contributed by atoms with Crippen molar-refractivity contribution >= 4 is 34.8 Å². The first kappa shape index (κ1) is 33.9. The molecule has 0 unspecified atom stereocenters. The molecule has 1 aromatic rings. The summed E-state index contributed by atoms with van der Waals surface area (Å²) < 4.78 is 39.2. The molecule has 0 radical (unpaired) electrons. The summed E-state index contributed by atoms with van der Waals surface area (Å²) >= 11 is 0.684. The molecule has 10 atom stereocenters. The molecule has 0 spiro atoms. The van der Waals surface area contributed by atoms with Gasteiger partial charge in [0.15, 0.2) is 23.8 Å². The van der Waals surface area contributed by atoms with Gasteiger partial charge >= 0.3 is 17.9 Å². The number of thioether (sulfide) groups is 1. The van der Waals surface area contributed by atoms with E-state index in [1.165, 1.54) is 6.92 Å². The highest BCUT2D eigenvalue weighted by molar-refractivity contribution is 8.14. The van der Waals surface area contributed by atoms with Gasteiger partial charge in [-0.05, 0) is 5.56 Å². The van der Waals surface area contributed by atoms with Crippen molar-refractivity contribution in [2.24, 2.45) is 0 Å². The van der Waals surface area contributed by atoms with Gasteiger partial charge in [-0.3, -0.25) is 19.2 Å². The second-order valence-corrected chi connectivity index (χ2v) is 11.0. The maximum atomic E-state index is 12.2. The number of rotatable bonds is 11. The minimum atomic E-state index is -1.63. The van der Waals surface area contributed by atoms with Gasteiger partial charge in [0.05, 0.1) is 18.5 Å². The van der Waals surface area contributed by atoms with Crippen LogP contribution in [0.4, 0.5) is 0 Å². The lowest BCUT2D eigenvalue weighted by Gasteiger charge is -2.47. The molecular formula is C27H36O14S. The summed E-state index contributed by atoms with van der Waals surface area (Å²) in [5.41, 5.74) is 0.761. The third kappa shape index (κ3) is 9.18. The number of benzene rings is 1. The van der Waals surface area contributed by atoms with Crippen LogP contribution < -0.4 is 0 Å². The Kier molecular flexibility index (Phi) is 12.7. The minimum Gasteiger partial charge on any atom is -0.463 e. The van der Waals surface area contributed by atoms with Crippen LogP contribution >= 0.6 is 11.8 Å². The Hall–Kier alpha value is -2.63. The van der Waals surface area contributed by atoms with Gasteiger partial charge < -0.3 is 48.5 Å². The quantitative estimate of drug-likeness (QED) is 0.219. The Balaban J connectivity index is 1.93. The van der Waals surface area contributed by atoms with E-state index in [9.17, 15) is 34.5 Å². The van der Waals surface area contributed by atoms with E-state index in [0.717, 1.165) is 26.3 Å². The van der Waals surface area contributed by atoms with Crippen molar-refractivity contribution in [3.63, 3.8) is 0 Å². The fraction of sp³-hybridized carbons (Fsp3) is 0.630. The van der Waals surface area contributed by atoms with Gasteiger partial charge in [-0.2, -0.15) is 0 Å². The topological polar surface area (TPSA) is 194 Å². The minimum absolute atomic E-state index is 0.0192. The number of carbonyl (C=O) groups is 4. The summed E-state index contributed by atoms with van der Waals surface area (Å²) in [6.45, 7) is 3.55. The molecule has 3 N–H and O–H groups in total. The molecule has 2 aliphatic heterocycles. The van der Waals surface area contributed by atoms with Crippen molar-refractivity contribution in [3.8, 4) is 0 Å². The number of aliphatic hydroxyl groups is 3. The highest BCUT2D eigenvalue weighted by Crippen LogP contribution is 2.37. The lowest BCUT2D eigenvalue weighted by atomic mass is 9.97. The van der Waals surface area contributed by atoms with Gasteiger partial charge in [-0.1, -0.05) is 42.1 Å². The molecule has 0 bridgehead atoms. The summed E-state index contributed by atoms with van der Waals surface area (Å²) in [6.07, 6.45) is -12.8. The molecule has 14 nitrogen and oxygen atoms in total. The zero-order chi connectivity index (χ0) is 31.0. The molecule has 234 valence electrons. The second-order valence-electron chi connectivity index (χ2n) is 9.67. The zero-order valence-electron chi connectivity index (χ0n) is 23.5. The van der Waals surface area contributed by atoms with Crippen molar-refractivity contribution < 1.29 is 67.7 Å². The van der Waals surface area contributed by atoms with E-state index in [4.69, 9.17) is 33.2 Å². The Morgan fingerprint density at radius 1 is 0.810 bits per heavy atom. The Labute approximate surface area is 246 Å². The third-order valence-corrected chi connectivity index (χ3v) is 7.46. The normalized spacial score (nSPS) is 32.9. The maximum Gasteiger partial charge on any atom is 0.303 e. The van der Waals surface area contributed by atoms with Gasteiger partial charge in [0.1, 0.15) is 43.2 Å². The fourth-order valence-electron chi connectivity index (χ4n) is 4.56. The summed E-state index contributed by atoms with van der Waals surface area (Å²) in [6, 6.07) is 8.99. The smallest absolute Gasteiger partial charge is 0.303 e. The number of aliphatic hydroxyl groups excluding tert-OH is 3. The lowest BCUT2D eigenvalue weighted by molar-refractivity contribution is -0.351. The van der Waals surface area contributed by atoms with Crippen LogP contribution in [0.1, 0.15) is 33.3 Å². The molecule has 42 heavy (non-hydrogen) atoms. The van der Waals surface area contributed by atoms with Crippen LogP contribution in [-0.2, 0) is 58.9 Å². The highest BCUT2D eigenvalue weighted by Gasteiger charge is 2.54. The predicted octanol–water partition coefficient (Wildman–Crippen LogP) is -0.173. The Morgan fingerprint density at radius 2 is 1.43 bits per heavy atom. The summed E-state index contributed by atoms with van der Waals surface area (Å²) in [7, 11) is 0. The van der Waals surface area contributed by atoms with E-state index in [0.29, 0.717) is 11.8 Å². The third-order valence-electron chi connectivity index (χ3n) is 6.32. The van der Waals surface area contributed by atoms with Gasteiger partial charge in [0.2, 0.25) is 0 Å². The van der Waals surface area contributed by atoms with E-state index in [1.807, 2.05) is 6.07 Å². The fourth-order valence-corrected chi connectivity index (χ4v) is 5.62. The molecule has 2 aliphatic rings. The van der Waals surface area contributed by atoms with Crippen molar-refractivity contribution in [2.45, 2.75) is 94.9 Å².